The number of ether oxygens (including phenoxy) is 1. The van der Waals surface area contributed by atoms with Gasteiger partial charge in [0.15, 0.2) is 17.5 Å². The number of benzene rings is 1. The number of pyridine rings is 1. The summed E-state index contributed by atoms with van der Waals surface area (Å²) < 4.78 is 45.8. The van der Waals surface area contributed by atoms with Crippen molar-refractivity contribution >= 4 is 11.6 Å². The molecule has 0 aliphatic carbocycles. The van der Waals surface area contributed by atoms with Crippen LogP contribution in [0.25, 0.3) is 0 Å². The molecule has 0 saturated heterocycles. The van der Waals surface area contributed by atoms with E-state index in [0.717, 1.165) is 12.1 Å². The maximum atomic E-state index is 13.7. The Labute approximate surface area is 171 Å². The highest BCUT2D eigenvalue weighted by molar-refractivity contribution is 6.13. The number of hydrogen-bond acceptors (Lipinski definition) is 5. The lowest BCUT2D eigenvalue weighted by Gasteiger charge is -2.35. The van der Waals surface area contributed by atoms with E-state index in [1.165, 1.54) is 20.4 Å². The maximum Gasteiger partial charge on any atom is 0.273 e. The molecule has 1 atom stereocenters. The third-order valence-corrected chi connectivity index (χ3v) is 5.09. The van der Waals surface area contributed by atoms with Crippen molar-refractivity contribution in [2.75, 3.05) is 20.7 Å². The number of methoxy groups -OCH3 is 1. The van der Waals surface area contributed by atoms with Crippen molar-refractivity contribution in [1.29, 1.82) is 0 Å². The molecule has 30 heavy (non-hydrogen) atoms. The molecule has 9 heteroatoms. The van der Waals surface area contributed by atoms with Gasteiger partial charge in [-0.15, -0.1) is 0 Å². The van der Waals surface area contributed by atoms with Gasteiger partial charge in [0.05, 0.1) is 25.1 Å². The van der Waals surface area contributed by atoms with Crippen molar-refractivity contribution in [2.45, 2.75) is 19.4 Å². The summed E-state index contributed by atoms with van der Waals surface area (Å²) >= 11 is 0. The number of nitrogens with two attached hydrogens (primary N) is 1. The molecule has 2 aromatic rings. The summed E-state index contributed by atoms with van der Waals surface area (Å²) in [5, 5.41) is 0. The average molecular weight is 418 g/mol. The fourth-order valence-corrected chi connectivity index (χ4v) is 3.43. The smallest absolute Gasteiger partial charge is 0.273 e. The Kier molecular flexibility index (Phi) is 6.09. The minimum atomic E-state index is -1.54. The van der Waals surface area contributed by atoms with Crippen molar-refractivity contribution in [1.82, 2.24) is 9.88 Å². The molecule has 1 aliphatic rings. The second-order valence-electron chi connectivity index (χ2n) is 6.77. The standard InChI is InChI=1S/C21H21F3N4O2/c1-11-19(25)14(20(26-2)12-8-15(22)18(24)16(23)9-12)6-7-28(11)21(29)17-5-4-13(30-3)10-27-17/h4-5,8-11H,6-7,25H2,1-3H3/t11-/m0/s1. The molecule has 2 N–H and O–H groups in total. The summed E-state index contributed by atoms with van der Waals surface area (Å²) in [4.78, 5) is 22.7. The van der Waals surface area contributed by atoms with Crippen molar-refractivity contribution in [3.05, 3.63) is 70.4 Å². The van der Waals surface area contributed by atoms with Crippen molar-refractivity contribution in [2.24, 2.45) is 10.7 Å². The highest BCUT2D eigenvalue weighted by atomic mass is 19.2. The van der Waals surface area contributed by atoms with E-state index in [4.69, 9.17) is 10.5 Å². The SMILES string of the molecule is CN=C(C1=C(N)[C@H](C)N(C(=O)c2ccc(OC)cn2)CC1)c1cc(F)c(F)c(F)c1. The van der Waals surface area contributed by atoms with Crippen LogP contribution in [-0.4, -0.2) is 48.2 Å². The first-order valence-corrected chi connectivity index (χ1v) is 9.20. The number of hydrogen-bond donors (Lipinski definition) is 1. The number of carbonyl (C=O) groups excluding carboxylic acids is 1. The van der Waals surface area contributed by atoms with Crippen LogP contribution in [0.4, 0.5) is 13.2 Å². The number of aromatic nitrogens is 1. The van der Waals surface area contributed by atoms with Crippen LogP contribution in [0.5, 0.6) is 5.75 Å². The summed E-state index contributed by atoms with van der Waals surface area (Å²) in [6, 6.07) is 4.46. The molecule has 1 aromatic carbocycles. The first-order valence-electron chi connectivity index (χ1n) is 9.20. The van der Waals surface area contributed by atoms with Gasteiger partial charge in [-0.05, 0) is 37.6 Å². The lowest BCUT2D eigenvalue weighted by atomic mass is 9.91. The van der Waals surface area contributed by atoms with Gasteiger partial charge >= 0.3 is 0 Å². The summed E-state index contributed by atoms with van der Waals surface area (Å²) in [5.74, 6) is -3.94. The highest BCUT2D eigenvalue weighted by Crippen LogP contribution is 2.27. The van der Waals surface area contributed by atoms with Gasteiger partial charge in [0.1, 0.15) is 11.4 Å². The number of carbonyl (C=O) groups is 1. The molecule has 0 saturated carbocycles. The van der Waals surface area contributed by atoms with Crippen LogP contribution >= 0.6 is 0 Å². The largest absolute Gasteiger partial charge is 0.495 e. The first-order chi connectivity index (χ1) is 14.3. The Bertz CT molecular complexity index is 1010. The topological polar surface area (TPSA) is 80.8 Å². The molecule has 6 nitrogen and oxygen atoms in total. The minimum absolute atomic E-state index is 0.0793. The van der Waals surface area contributed by atoms with Gasteiger partial charge < -0.3 is 15.4 Å². The van der Waals surface area contributed by atoms with Crippen molar-refractivity contribution < 1.29 is 22.7 Å². The van der Waals surface area contributed by atoms with Crippen LogP contribution in [0.3, 0.4) is 0 Å². The number of rotatable bonds is 4. The molecular formula is C21H21F3N4O2. The average Bonchev–Trinajstić information content (AvgIpc) is 2.75. The molecule has 0 unspecified atom stereocenters. The Morgan fingerprint density at radius 2 is 1.93 bits per heavy atom. The first kappa shape index (κ1) is 21.4. The molecule has 1 aromatic heterocycles. The number of halogens is 3. The fraction of sp³-hybridized carbons (Fsp3) is 0.286. The Balaban J connectivity index is 1.91. The predicted octanol–water partition coefficient (Wildman–Crippen LogP) is 3.07. The van der Waals surface area contributed by atoms with E-state index >= 15 is 0 Å². The van der Waals surface area contributed by atoms with Gasteiger partial charge in [0.2, 0.25) is 0 Å². The predicted molar refractivity (Wildman–Crippen MR) is 106 cm³/mol. The summed E-state index contributed by atoms with van der Waals surface area (Å²) in [6.07, 6.45) is 1.76. The molecule has 2 heterocycles. The number of amides is 1. The van der Waals surface area contributed by atoms with E-state index in [0.29, 0.717) is 30.0 Å². The lowest BCUT2D eigenvalue weighted by Crippen LogP contribution is -2.46. The van der Waals surface area contributed by atoms with E-state index in [1.807, 2.05) is 0 Å². The zero-order valence-corrected chi connectivity index (χ0v) is 16.7. The van der Waals surface area contributed by atoms with Crippen LogP contribution in [0.15, 0.2) is 46.7 Å². The van der Waals surface area contributed by atoms with Crippen molar-refractivity contribution in [3.8, 4) is 5.75 Å². The summed E-state index contributed by atoms with van der Waals surface area (Å²) in [5.41, 5.74) is 7.77. The molecule has 0 spiro atoms. The van der Waals surface area contributed by atoms with Crippen LogP contribution < -0.4 is 10.5 Å². The quantitative estimate of drug-likeness (QED) is 0.611. The third-order valence-electron chi connectivity index (χ3n) is 5.09. The molecule has 0 radical (unpaired) electrons. The van der Waals surface area contributed by atoms with E-state index in [-0.39, 0.29) is 22.9 Å². The van der Waals surface area contributed by atoms with E-state index in [1.54, 1.807) is 24.0 Å². The van der Waals surface area contributed by atoms with E-state index in [2.05, 4.69) is 9.98 Å². The van der Waals surface area contributed by atoms with Crippen LogP contribution in [0.2, 0.25) is 0 Å². The van der Waals surface area contributed by atoms with Crippen LogP contribution in [0.1, 0.15) is 29.4 Å². The number of aliphatic imine (C=N–C) groups is 1. The lowest BCUT2D eigenvalue weighted by molar-refractivity contribution is 0.0700. The zero-order valence-electron chi connectivity index (χ0n) is 16.7. The normalized spacial score (nSPS) is 17.3. The third kappa shape index (κ3) is 3.87. The van der Waals surface area contributed by atoms with Crippen LogP contribution in [-0.2, 0) is 0 Å². The molecule has 1 aliphatic heterocycles. The van der Waals surface area contributed by atoms with Gasteiger partial charge in [0, 0.05) is 30.4 Å². The zero-order chi connectivity index (χ0) is 22.0. The Hall–Kier alpha value is -3.36. The van der Waals surface area contributed by atoms with Gasteiger partial charge in [-0.2, -0.15) is 0 Å². The Morgan fingerprint density at radius 1 is 1.27 bits per heavy atom. The molecule has 0 bridgehead atoms. The molecule has 158 valence electrons. The number of nitrogens with zero attached hydrogens (tertiary/aromatic N) is 3. The monoisotopic (exact) mass is 418 g/mol. The van der Waals surface area contributed by atoms with E-state index < -0.39 is 23.5 Å². The molecule has 0 fully saturated rings. The fourth-order valence-electron chi connectivity index (χ4n) is 3.43. The molecular weight excluding hydrogens is 397 g/mol. The van der Waals surface area contributed by atoms with Crippen LogP contribution in [0, 0.1) is 17.5 Å². The maximum absolute atomic E-state index is 13.7. The van der Waals surface area contributed by atoms with Crippen molar-refractivity contribution in [3.63, 3.8) is 0 Å². The molecule has 1 amide bonds. The van der Waals surface area contributed by atoms with Gasteiger partial charge in [0.25, 0.3) is 5.91 Å². The van der Waals surface area contributed by atoms with E-state index in [9.17, 15) is 18.0 Å². The van der Waals surface area contributed by atoms with Gasteiger partial charge in [-0.3, -0.25) is 9.79 Å². The minimum Gasteiger partial charge on any atom is -0.495 e. The highest BCUT2D eigenvalue weighted by Gasteiger charge is 2.31. The Morgan fingerprint density at radius 3 is 2.47 bits per heavy atom. The van der Waals surface area contributed by atoms with Gasteiger partial charge in [-0.25, -0.2) is 18.2 Å². The molecule has 3 rings (SSSR count). The second-order valence-corrected chi connectivity index (χ2v) is 6.77. The summed E-state index contributed by atoms with van der Waals surface area (Å²) in [7, 11) is 2.96. The van der Waals surface area contributed by atoms with Gasteiger partial charge in [-0.1, -0.05) is 0 Å². The summed E-state index contributed by atoms with van der Waals surface area (Å²) in [6.45, 7) is 2.05. The second kappa shape index (κ2) is 8.56.